The molecule has 0 saturated heterocycles. The maximum atomic E-state index is 11.9. The smallest absolute Gasteiger partial charge is 0.407 e. The van der Waals surface area contributed by atoms with Gasteiger partial charge in [0, 0.05) is 6.54 Å². The fourth-order valence-electron chi connectivity index (χ4n) is 1.85. The molecule has 0 unspecified atom stereocenters. The number of ether oxygens (including phenoxy) is 1. The van der Waals surface area contributed by atoms with E-state index in [-0.39, 0.29) is 24.7 Å². The summed E-state index contributed by atoms with van der Waals surface area (Å²) in [7, 11) is -3.82. The second-order valence-corrected chi connectivity index (χ2v) is 6.69. The first-order valence-corrected chi connectivity index (χ1v) is 8.79. The lowest BCUT2D eigenvalue weighted by Crippen LogP contribution is -2.28. The largest absolute Gasteiger partial charge is 0.445 e. The average molecular weight is 351 g/mol. The van der Waals surface area contributed by atoms with Gasteiger partial charge in [0.2, 0.25) is 0 Å². The minimum absolute atomic E-state index is 0.0265. The number of amides is 1. The number of nitrogens with one attached hydrogen (secondary N) is 1. The minimum Gasteiger partial charge on any atom is -0.445 e. The quantitative estimate of drug-likeness (QED) is 0.612. The molecule has 0 aliphatic rings. The van der Waals surface area contributed by atoms with Crippen LogP contribution >= 0.6 is 0 Å². The van der Waals surface area contributed by atoms with Gasteiger partial charge in [-0.2, -0.15) is 8.42 Å². The lowest BCUT2D eigenvalue weighted by molar-refractivity contribution is 0.137. The molecule has 1 N–H and O–H groups in total. The Morgan fingerprint density at radius 1 is 1.08 bits per heavy atom. The zero-order valence-electron chi connectivity index (χ0n) is 13.3. The molecule has 0 spiro atoms. The molecule has 2 aromatic rings. The Hall–Kier alpha value is -2.38. The zero-order valence-corrected chi connectivity index (χ0v) is 14.1. The van der Waals surface area contributed by atoms with E-state index in [1.807, 2.05) is 37.3 Å². The van der Waals surface area contributed by atoms with Crippen LogP contribution in [-0.2, 0) is 25.6 Å². The van der Waals surface area contributed by atoms with Gasteiger partial charge in [0.25, 0.3) is 10.1 Å². The van der Waals surface area contributed by atoms with Crippen molar-refractivity contribution in [3.63, 3.8) is 0 Å². The Kier molecular flexibility index (Phi) is 6.34. The van der Waals surface area contributed by atoms with Gasteiger partial charge in [-0.15, -0.1) is 0 Å². The highest BCUT2D eigenvalue weighted by molar-refractivity contribution is 7.86. The molecular formula is C17H19NO5S. The van der Waals surface area contributed by atoms with Gasteiger partial charge in [-0.05, 0) is 24.6 Å². The Morgan fingerprint density at radius 2 is 1.75 bits per heavy atom. The highest BCUT2D eigenvalue weighted by Gasteiger charge is 2.14. The van der Waals surface area contributed by atoms with Crippen LogP contribution in [0.15, 0.2) is 59.5 Å². The van der Waals surface area contributed by atoms with Crippen molar-refractivity contribution < 1.29 is 22.1 Å². The molecule has 24 heavy (non-hydrogen) atoms. The lowest BCUT2D eigenvalue weighted by atomic mass is 10.2. The van der Waals surface area contributed by atoms with E-state index in [2.05, 4.69) is 5.32 Å². The Bertz CT molecular complexity index is 757. The molecule has 6 nitrogen and oxygen atoms in total. The summed E-state index contributed by atoms with van der Waals surface area (Å²) in [6.07, 6.45) is -0.629. The summed E-state index contributed by atoms with van der Waals surface area (Å²) in [5.74, 6) is 0. The van der Waals surface area contributed by atoms with Crippen molar-refractivity contribution in [3.05, 3.63) is 65.7 Å². The SMILES string of the molecule is Cc1ccc(S(=O)(=O)O[14CH2]CNC(=O)OCc2ccccc2)cc1. The van der Waals surface area contributed by atoms with Crippen molar-refractivity contribution in [1.82, 2.24) is 5.32 Å². The maximum Gasteiger partial charge on any atom is 0.407 e. The Balaban J connectivity index is 1.70. The molecule has 0 aliphatic heterocycles. The zero-order chi connectivity index (χ0) is 17.4. The molecule has 0 atom stereocenters. The van der Waals surface area contributed by atoms with Crippen LogP contribution in [0, 0.1) is 6.92 Å². The molecule has 0 aromatic heterocycles. The highest BCUT2D eigenvalue weighted by atomic mass is 32.2. The first-order valence-electron chi connectivity index (χ1n) is 7.38. The van der Waals surface area contributed by atoms with Gasteiger partial charge in [-0.25, -0.2) is 4.79 Å². The van der Waals surface area contributed by atoms with Crippen molar-refractivity contribution in [2.24, 2.45) is 0 Å². The topological polar surface area (TPSA) is 81.7 Å². The second kappa shape index (κ2) is 8.47. The molecule has 7 heteroatoms. The van der Waals surface area contributed by atoms with Crippen LogP contribution in [0.5, 0.6) is 0 Å². The standard InChI is InChI=1S/C17H19NO5S/c1-14-7-9-16(10-8-14)24(20,21)23-12-11-18-17(19)22-13-15-5-3-2-4-6-15/h2-10H,11-13H2,1H3,(H,18,19)/i12+2. The van der Waals surface area contributed by atoms with E-state index in [0.29, 0.717) is 0 Å². The van der Waals surface area contributed by atoms with Crippen LogP contribution < -0.4 is 5.32 Å². The third kappa shape index (κ3) is 5.68. The number of aryl methyl sites for hydroxylation is 1. The number of rotatable bonds is 7. The van der Waals surface area contributed by atoms with Crippen LogP contribution in [0.3, 0.4) is 0 Å². The number of alkyl carbamates (subject to hydrolysis) is 1. The fourth-order valence-corrected chi connectivity index (χ4v) is 2.76. The number of carbonyl (C=O) groups excluding carboxylic acids is 1. The highest BCUT2D eigenvalue weighted by Crippen LogP contribution is 2.12. The van der Waals surface area contributed by atoms with Crippen LogP contribution in [0.4, 0.5) is 4.79 Å². The van der Waals surface area contributed by atoms with Gasteiger partial charge in [-0.3, -0.25) is 4.18 Å². The summed E-state index contributed by atoms with van der Waals surface area (Å²) in [4.78, 5) is 11.6. The van der Waals surface area contributed by atoms with E-state index >= 15 is 0 Å². The molecule has 128 valence electrons. The normalized spacial score (nSPS) is 11.0. The predicted molar refractivity (Wildman–Crippen MR) is 88.9 cm³/mol. The van der Waals surface area contributed by atoms with Crippen LogP contribution in [0.2, 0.25) is 0 Å². The molecule has 2 aromatic carbocycles. The molecule has 2 rings (SSSR count). The number of carbonyl (C=O) groups is 1. The predicted octanol–water partition coefficient (Wildman–Crippen LogP) is 2.63. The first-order chi connectivity index (χ1) is 11.5. The summed E-state index contributed by atoms with van der Waals surface area (Å²) < 4.78 is 33.7. The lowest BCUT2D eigenvalue weighted by Gasteiger charge is -2.08. The molecule has 0 fully saturated rings. The third-order valence-corrected chi connectivity index (χ3v) is 4.46. The summed E-state index contributed by atoms with van der Waals surface area (Å²) in [6, 6.07) is 15.6. The van der Waals surface area contributed by atoms with E-state index in [9.17, 15) is 13.2 Å². The van der Waals surface area contributed by atoms with Gasteiger partial charge in [-0.1, -0.05) is 48.0 Å². The average Bonchev–Trinajstić information content (AvgIpc) is 2.58. The van der Waals surface area contributed by atoms with E-state index in [1.54, 1.807) is 12.1 Å². The Labute approximate surface area is 141 Å². The van der Waals surface area contributed by atoms with Gasteiger partial charge >= 0.3 is 6.09 Å². The van der Waals surface area contributed by atoms with Crippen LogP contribution in [-0.4, -0.2) is 27.7 Å². The minimum atomic E-state index is -3.82. The number of hydrogen-bond donors (Lipinski definition) is 1. The van der Waals surface area contributed by atoms with Crippen molar-refractivity contribution >= 4 is 16.2 Å². The molecule has 0 heterocycles. The molecule has 1 amide bonds. The summed E-state index contributed by atoms with van der Waals surface area (Å²) >= 11 is 0. The van der Waals surface area contributed by atoms with E-state index in [4.69, 9.17) is 8.92 Å². The van der Waals surface area contributed by atoms with Crippen molar-refractivity contribution in [2.75, 3.05) is 13.2 Å². The molecule has 0 saturated carbocycles. The van der Waals surface area contributed by atoms with Gasteiger partial charge in [0.05, 0.1) is 11.5 Å². The molecular weight excluding hydrogens is 332 g/mol. The van der Waals surface area contributed by atoms with Gasteiger partial charge in [0.1, 0.15) is 6.61 Å². The Morgan fingerprint density at radius 3 is 2.42 bits per heavy atom. The van der Waals surface area contributed by atoms with Crippen molar-refractivity contribution in [3.8, 4) is 0 Å². The second-order valence-electron chi connectivity index (χ2n) is 5.08. The van der Waals surface area contributed by atoms with E-state index in [0.717, 1.165) is 11.1 Å². The van der Waals surface area contributed by atoms with E-state index in [1.165, 1.54) is 12.1 Å². The monoisotopic (exact) mass is 351 g/mol. The van der Waals surface area contributed by atoms with E-state index < -0.39 is 16.2 Å². The fraction of sp³-hybridized carbons (Fsp3) is 0.235. The number of hydrogen-bond acceptors (Lipinski definition) is 5. The third-order valence-electron chi connectivity index (χ3n) is 3.13. The molecule has 0 bridgehead atoms. The molecule has 0 radical (unpaired) electrons. The van der Waals surface area contributed by atoms with Crippen LogP contribution in [0.1, 0.15) is 11.1 Å². The number of benzene rings is 2. The van der Waals surface area contributed by atoms with Gasteiger partial charge in [0.15, 0.2) is 0 Å². The first kappa shape index (κ1) is 18.0. The summed E-state index contributed by atoms with van der Waals surface area (Å²) in [5.41, 5.74) is 1.82. The summed E-state index contributed by atoms with van der Waals surface area (Å²) in [6.45, 7) is 1.87. The molecule has 0 aliphatic carbocycles. The maximum absolute atomic E-state index is 11.9. The van der Waals surface area contributed by atoms with Crippen molar-refractivity contribution in [1.29, 1.82) is 0 Å². The van der Waals surface area contributed by atoms with Gasteiger partial charge < -0.3 is 10.1 Å². The van der Waals surface area contributed by atoms with Crippen molar-refractivity contribution in [2.45, 2.75) is 18.4 Å². The van der Waals surface area contributed by atoms with Crippen LogP contribution in [0.25, 0.3) is 0 Å². The summed E-state index contributed by atoms with van der Waals surface area (Å²) in [5, 5.41) is 2.44.